The number of nitrogens with two attached hydrogens (primary N) is 1. The lowest BCUT2D eigenvalue weighted by Gasteiger charge is -2.32. The lowest BCUT2D eigenvalue weighted by atomic mass is 9.89. The molecule has 248 valence electrons. The minimum absolute atomic E-state index is 0.0142. The molecule has 0 amide bonds. The van der Waals surface area contributed by atoms with Crippen LogP contribution in [0.4, 0.5) is 37.8 Å². The van der Waals surface area contributed by atoms with E-state index < -0.39 is 56.3 Å². The zero-order valence-corrected chi connectivity index (χ0v) is 25.5. The second-order valence-electron chi connectivity index (χ2n) is 13.3. The number of ether oxygens (including phenoxy) is 2. The van der Waals surface area contributed by atoms with Crippen molar-refractivity contribution < 1.29 is 40.9 Å². The van der Waals surface area contributed by atoms with Crippen LogP contribution in [0, 0.1) is 11.2 Å². The van der Waals surface area contributed by atoms with Crippen molar-refractivity contribution in [3.8, 4) is 17.3 Å². The molecule has 1 spiro atoms. The number of aliphatic hydroxyl groups is 1. The van der Waals surface area contributed by atoms with Crippen LogP contribution in [0.1, 0.15) is 38.2 Å². The van der Waals surface area contributed by atoms with Gasteiger partial charge in [0.2, 0.25) is 0 Å². The molecule has 3 aliphatic heterocycles. The molecule has 3 saturated heterocycles. The highest BCUT2D eigenvalue weighted by Gasteiger charge is 2.77. The van der Waals surface area contributed by atoms with Crippen LogP contribution in [0.2, 0.25) is 5.02 Å². The molecular weight excluding hydrogens is 642 g/mol. The minimum atomic E-state index is -4.96. The van der Waals surface area contributed by atoms with Gasteiger partial charge in [-0.1, -0.05) is 11.6 Å². The highest BCUT2D eigenvalue weighted by atomic mass is 35.5. The van der Waals surface area contributed by atoms with E-state index in [2.05, 4.69) is 15.0 Å². The Labute approximate surface area is 264 Å². The second-order valence-corrected chi connectivity index (χ2v) is 13.7. The quantitative estimate of drug-likeness (QED) is 0.275. The number of hydrogen-bond donors (Lipinski definition) is 2. The van der Waals surface area contributed by atoms with Crippen LogP contribution in [0.15, 0.2) is 18.3 Å². The van der Waals surface area contributed by atoms with Gasteiger partial charge in [-0.15, -0.1) is 0 Å². The molecule has 1 unspecified atom stereocenters. The lowest BCUT2D eigenvalue weighted by molar-refractivity contribution is -0.137. The van der Waals surface area contributed by atoms with Crippen LogP contribution in [0.25, 0.3) is 22.2 Å². The number of nitrogen functional groups attached to an aromatic ring is 1. The molecule has 5 heterocycles. The van der Waals surface area contributed by atoms with E-state index in [1.165, 1.54) is 0 Å². The van der Waals surface area contributed by atoms with Crippen LogP contribution in [0.5, 0.6) is 6.01 Å². The van der Waals surface area contributed by atoms with Gasteiger partial charge in [-0.3, -0.25) is 9.88 Å². The Bertz CT molecular complexity index is 1730. The fourth-order valence-corrected chi connectivity index (χ4v) is 7.79. The predicted octanol–water partition coefficient (Wildman–Crippen LogP) is 5.32. The first kappa shape index (κ1) is 31.5. The number of hydrogen-bond acceptors (Lipinski definition) is 9. The molecule has 9 nitrogen and oxygen atoms in total. The number of halogens is 7. The lowest BCUT2D eigenvalue weighted by Crippen LogP contribution is -2.44. The number of rotatable bonds is 5. The van der Waals surface area contributed by atoms with Gasteiger partial charge in [0.15, 0.2) is 5.82 Å². The Morgan fingerprint density at radius 2 is 1.91 bits per heavy atom. The number of fused-ring (bicyclic) bond motifs is 2. The van der Waals surface area contributed by atoms with E-state index in [-0.39, 0.29) is 80.7 Å². The molecule has 1 saturated carbocycles. The van der Waals surface area contributed by atoms with Crippen molar-refractivity contribution in [2.75, 3.05) is 56.6 Å². The van der Waals surface area contributed by atoms with Crippen LogP contribution < -0.4 is 15.4 Å². The number of aromatic nitrogens is 3. The third-order valence-corrected chi connectivity index (χ3v) is 9.93. The van der Waals surface area contributed by atoms with Crippen molar-refractivity contribution >= 4 is 34.0 Å². The molecule has 3 aromatic rings. The smallest absolute Gasteiger partial charge is 0.418 e. The Kier molecular flexibility index (Phi) is 7.13. The van der Waals surface area contributed by atoms with Gasteiger partial charge in [0.05, 0.1) is 46.7 Å². The molecule has 3 atom stereocenters. The minimum Gasteiger partial charge on any atom is -0.461 e. The fourth-order valence-electron chi connectivity index (χ4n) is 7.45. The van der Waals surface area contributed by atoms with E-state index in [0.29, 0.717) is 13.0 Å². The van der Waals surface area contributed by atoms with Crippen molar-refractivity contribution in [3.05, 3.63) is 34.7 Å². The molecule has 1 aromatic carbocycles. The number of alkyl halides is 5. The van der Waals surface area contributed by atoms with Crippen molar-refractivity contribution in [1.82, 2.24) is 19.9 Å². The summed E-state index contributed by atoms with van der Waals surface area (Å²) >= 11 is 5.93. The molecule has 4 fully saturated rings. The third kappa shape index (κ3) is 5.19. The molecular formula is C30H31ClF6N6O3. The Hall–Kier alpha value is -3.14. The monoisotopic (exact) mass is 672 g/mol. The largest absolute Gasteiger partial charge is 0.461 e. The van der Waals surface area contributed by atoms with Crippen molar-refractivity contribution in [1.29, 1.82) is 0 Å². The summed E-state index contributed by atoms with van der Waals surface area (Å²) in [4.78, 5) is 16.5. The Morgan fingerprint density at radius 3 is 2.63 bits per heavy atom. The maximum atomic E-state index is 16.5. The van der Waals surface area contributed by atoms with Crippen LogP contribution in [-0.2, 0) is 10.9 Å². The molecule has 16 heteroatoms. The predicted molar refractivity (Wildman–Crippen MR) is 156 cm³/mol. The Balaban J connectivity index is 1.33. The van der Waals surface area contributed by atoms with Gasteiger partial charge in [0.1, 0.15) is 29.2 Å². The molecule has 2 aromatic heterocycles. The molecule has 1 aliphatic carbocycles. The summed E-state index contributed by atoms with van der Waals surface area (Å²) < 4.78 is 99.1. The number of pyridine rings is 1. The van der Waals surface area contributed by atoms with Crippen molar-refractivity contribution in [3.63, 3.8) is 0 Å². The van der Waals surface area contributed by atoms with Crippen LogP contribution >= 0.6 is 11.6 Å². The Morgan fingerprint density at radius 1 is 1.15 bits per heavy atom. The fraction of sp³-hybridized carbons (Fsp3) is 0.567. The zero-order valence-electron chi connectivity index (χ0n) is 24.7. The average molecular weight is 673 g/mol. The first-order valence-electron chi connectivity index (χ1n) is 14.9. The summed E-state index contributed by atoms with van der Waals surface area (Å²) in [5.74, 6) is -3.83. The molecule has 0 radical (unpaired) electrons. The van der Waals surface area contributed by atoms with E-state index >= 15 is 4.39 Å². The maximum absolute atomic E-state index is 16.5. The van der Waals surface area contributed by atoms with Crippen molar-refractivity contribution in [2.24, 2.45) is 5.41 Å². The number of anilines is 2. The third-order valence-electron chi connectivity index (χ3n) is 9.63. The van der Waals surface area contributed by atoms with E-state index in [9.17, 15) is 27.1 Å². The van der Waals surface area contributed by atoms with E-state index in [4.69, 9.17) is 26.8 Å². The summed E-state index contributed by atoms with van der Waals surface area (Å²) in [7, 11) is 0. The highest BCUT2D eigenvalue weighted by molar-refractivity contribution is 6.32. The topological polar surface area (TPSA) is 110 Å². The zero-order chi connectivity index (χ0) is 32.9. The van der Waals surface area contributed by atoms with Crippen molar-refractivity contribution in [2.45, 2.75) is 55.8 Å². The number of β-amino-alcohol motifs (C(OH)–C–C–N with tert-alkyl or cyclic N) is 1. The normalized spacial score (nSPS) is 29.4. The van der Waals surface area contributed by atoms with Gasteiger partial charge in [-0.25, -0.2) is 13.2 Å². The first-order chi connectivity index (χ1) is 21.5. The van der Waals surface area contributed by atoms with Crippen LogP contribution in [0.3, 0.4) is 0 Å². The SMILES string of the molecule is CC1(O)COCCN(c2nc(OC[C@@]34CCCN3C[C@@]3(CC3(F)F)C4)nc3c(F)c(-c4cc(N)cc(Cl)c4C(F)(F)F)ncc23)C1. The summed E-state index contributed by atoms with van der Waals surface area (Å²) in [6.45, 7) is 2.86. The van der Waals surface area contributed by atoms with Gasteiger partial charge in [-0.2, -0.15) is 23.1 Å². The standard InChI is InChI=1S/C30H31ClF6N6O3/c1-26(44)12-42(5-6-45-14-26)24-18-9-39-22(17-7-16(38)8-19(31)20(17)30(35,36)37)21(32)23(18)40-25(41-24)46-15-28-3-2-4-43(28)13-27(10-28)11-29(27,33)34/h7-9,44H,2-6,10-15,38H2,1H3/t26?,27-,28-/m0/s1. The van der Waals surface area contributed by atoms with E-state index in [0.717, 1.165) is 24.8 Å². The molecule has 0 bridgehead atoms. The molecule has 46 heavy (non-hydrogen) atoms. The summed E-state index contributed by atoms with van der Waals surface area (Å²) in [6.07, 6.45) is -2.34. The highest BCUT2D eigenvalue weighted by Crippen LogP contribution is 2.69. The average Bonchev–Trinajstić information content (AvgIpc) is 3.16. The molecule has 7 rings (SSSR count). The number of nitrogens with zero attached hydrogens (tertiary/aromatic N) is 5. The molecule has 4 aliphatic rings. The van der Waals surface area contributed by atoms with Gasteiger partial charge in [0.25, 0.3) is 5.92 Å². The molecule has 3 N–H and O–H groups in total. The van der Waals surface area contributed by atoms with Gasteiger partial charge in [0, 0.05) is 37.0 Å². The van der Waals surface area contributed by atoms with E-state index in [1.54, 1.807) is 11.8 Å². The van der Waals surface area contributed by atoms with Gasteiger partial charge in [-0.05, 0) is 44.9 Å². The van der Waals surface area contributed by atoms with E-state index in [1.807, 2.05) is 4.90 Å². The summed E-state index contributed by atoms with van der Waals surface area (Å²) in [5.41, 5.74) is -0.495. The second kappa shape index (κ2) is 10.4. The maximum Gasteiger partial charge on any atom is 0.418 e. The first-order valence-corrected chi connectivity index (χ1v) is 15.2. The summed E-state index contributed by atoms with van der Waals surface area (Å²) in [6, 6.07) is 1.56. The number of benzene rings is 1. The van der Waals surface area contributed by atoms with Crippen LogP contribution in [-0.4, -0.2) is 88.0 Å². The van der Waals surface area contributed by atoms with Gasteiger partial charge >= 0.3 is 12.2 Å². The van der Waals surface area contributed by atoms with Gasteiger partial charge < -0.3 is 25.2 Å². The summed E-state index contributed by atoms with van der Waals surface area (Å²) in [5, 5.41) is 10.2.